The molecule has 2 N–H and O–H groups in total. The number of aromatic nitrogens is 3. The number of para-hydroxylation sites is 1. The van der Waals surface area contributed by atoms with Crippen LogP contribution in [0.2, 0.25) is 5.28 Å². The second kappa shape index (κ2) is 18.2. The molecular formula is C28H21ClN7Na3O10S3. The summed E-state index contributed by atoms with van der Waals surface area (Å²) in [4.78, 5) is 11.1. The Morgan fingerprint density at radius 3 is 2.08 bits per heavy atom. The van der Waals surface area contributed by atoms with Gasteiger partial charge in [-0.25, -0.2) is 16.8 Å². The third-order valence-corrected chi connectivity index (χ3v) is 9.50. The van der Waals surface area contributed by atoms with Crippen LogP contribution in [0.5, 0.6) is 5.75 Å². The number of anilines is 4. The summed E-state index contributed by atoms with van der Waals surface area (Å²) in [6.45, 7) is 3.64. The van der Waals surface area contributed by atoms with Gasteiger partial charge in [0.15, 0.2) is 0 Å². The standard InChI is InChI=1S/C28H24ClN7O10S3.3Na/c1-3-36(17-7-5-4-6-8-17)28-32-26(29)31-27(33-28)30-20-14-18(47(38,39)40)12-16-13-22(49(44,45)46)24(25(37)23(16)20)35-34-19-10-9-15(2)11-21(19)48(41,42)43;;;/h4-14,37H,3H2,1-2H3,(H,38,39,40)(H,41,42,43)(H,44,45,46)(H,30,31,32,33);;;/q;3*+1/p-3. The molecule has 0 saturated heterocycles. The summed E-state index contributed by atoms with van der Waals surface area (Å²) in [5.74, 6) is -1.59. The first kappa shape index (κ1) is 46.3. The van der Waals surface area contributed by atoms with E-state index in [-0.39, 0.29) is 106 Å². The van der Waals surface area contributed by atoms with Gasteiger partial charge in [-0.3, -0.25) is 4.55 Å². The number of nitrogens with zero attached hydrogens (tertiary/aromatic N) is 6. The van der Waals surface area contributed by atoms with E-state index in [1.807, 2.05) is 0 Å². The molecule has 0 unspecified atom stereocenters. The third kappa shape index (κ3) is 10.7. The Kier molecular flexibility index (Phi) is 16.2. The van der Waals surface area contributed by atoms with Gasteiger partial charge in [-0.05, 0) is 84.2 Å². The van der Waals surface area contributed by atoms with Crippen LogP contribution in [0.15, 0.2) is 91.6 Å². The first-order valence-electron chi connectivity index (χ1n) is 13.6. The van der Waals surface area contributed by atoms with Gasteiger partial charge >= 0.3 is 88.7 Å². The van der Waals surface area contributed by atoms with Crippen molar-refractivity contribution in [3.63, 3.8) is 0 Å². The van der Waals surface area contributed by atoms with Crippen LogP contribution in [-0.4, -0.2) is 60.4 Å². The van der Waals surface area contributed by atoms with Gasteiger partial charge in [0.05, 0.1) is 15.5 Å². The van der Waals surface area contributed by atoms with Gasteiger partial charge in [0.25, 0.3) is 10.1 Å². The number of hydrogen-bond donors (Lipinski definition) is 2. The van der Waals surface area contributed by atoms with Crippen molar-refractivity contribution in [1.82, 2.24) is 15.0 Å². The second-order valence-corrected chi connectivity index (χ2v) is 14.6. The topological polar surface area (TPSA) is 270 Å². The number of azo groups is 1. The smallest absolute Gasteiger partial charge is 0.870 e. The van der Waals surface area contributed by atoms with Crippen molar-refractivity contribution < 1.29 is 133 Å². The van der Waals surface area contributed by atoms with Crippen molar-refractivity contribution in [2.45, 2.75) is 28.5 Å². The van der Waals surface area contributed by atoms with Crippen LogP contribution in [-0.2, 0) is 30.4 Å². The van der Waals surface area contributed by atoms with Crippen molar-refractivity contribution in [2.24, 2.45) is 10.2 Å². The normalized spacial score (nSPS) is 11.7. The molecule has 0 aliphatic heterocycles. The van der Waals surface area contributed by atoms with E-state index in [9.17, 15) is 44.0 Å². The van der Waals surface area contributed by atoms with E-state index in [2.05, 4.69) is 30.5 Å². The number of fused-ring (bicyclic) bond motifs is 1. The van der Waals surface area contributed by atoms with Crippen LogP contribution in [0.1, 0.15) is 12.5 Å². The van der Waals surface area contributed by atoms with Gasteiger partial charge in [-0.2, -0.15) is 23.4 Å². The van der Waals surface area contributed by atoms with Crippen molar-refractivity contribution >= 4 is 87.4 Å². The zero-order valence-electron chi connectivity index (χ0n) is 28.0. The van der Waals surface area contributed by atoms with Gasteiger partial charge in [0, 0.05) is 17.9 Å². The van der Waals surface area contributed by atoms with Crippen molar-refractivity contribution in [2.75, 3.05) is 16.8 Å². The van der Waals surface area contributed by atoms with Gasteiger partial charge in [0.2, 0.25) is 17.2 Å². The quantitative estimate of drug-likeness (QED) is 0.0764. The van der Waals surface area contributed by atoms with Gasteiger partial charge in [-0.15, -0.1) is 10.2 Å². The van der Waals surface area contributed by atoms with E-state index in [1.54, 1.807) is 42.2 Å². The third-order valence-electron chi connectivity index (χ3n) is 6.78. The molecule has 0 amide bonds. The number of hydrogen-bond acceptors (Lipinski definition) is 16. The molecule has 5 aromatic rings. The molecule has 0 saturated carbocycles. The molecule has 256 valence electrons. The zero-order valence-corrected chi connectivity index (χ0v) is 37.2. The van der Waals surface area contributed by atoms with Crippen LogP contribution in [0.3, 0.4) is 0 Å². The molecule has 0 atom stereocenters. The molecule has 24 heteroatoms. The fraction of sp³-hybridized carbons (Fsp3) is 0.107. The molecule has 52 heavy (non-hydrogen) atoms. The SMILES string of the molecule is CCN(c1ccccc1)c1nc(Cl)nc(Nc2cc(S(=O)(=O)[O-])cc3cc(S(=O)(=O)O)c(N=Nc4ccc(C)cc4S(=O)(=O)[O-])c([O-])c23)n1.[Na+].[Na+].[Na+]. The van der Waals surface area contributed by atoms with Crippen molar-refractivity contribution in [3.8, 4) is 5.75 Å². The molecule has 0 fully saturated rings. The Morgan fingerprint density at radius 1 is 0.846 bits per heavy atom. The maximum Gasteiger partial charge on any atom is 1.00 e. The molecule has 5 rings (SSSR count). The number of rotatable bonds is 10. The summed E-state index contributed by atoms with van der Waals surface area (Å²) in [6, 6.07) is 14.4. The molecular weight excluding hydrogens is 795 g/mol. The molecule has 17 nitrogen and oxygen atoms in total. The largest absolute Gasteiger partial charge is 1.00 e. The van der Waals surface area contributed by atoms with Crippen LogP contribution in [0.4, 0.5) is 34.6 Å². The first-order chi connectivity index (χ1) is 22.9. The van der Waals surface area contributed by atoms with E-state index < -0.39 is 78.6 Å². The van der Waals surface area contributed by atoms with Crippen LogP contribution in [0, 0.1) is 6.92 Å². The summed E-state index contributed by atoms with van der Waals surface area (Å²) in [6.07, 6.45) is 0. The summed E-state index contributed by atoms with van der Waals surface area (Å²) in [5, 5.41) is 22.5. The van der Waals surface area contributed by atoms with E-state index >= 15 is 0 Å². The fourth-order valence-corrected chi connectivity index (χ4v) is 6.71. The molecule has 0 aliphatic rings. The maximum absolute atomic E-state index is 13.9. The second-order valence-electron chi connectivity index (χ2n) is 10.1. The van der Waals surface area contributed by atoms with Crippen LogP contribution >= 0.6 is 11.6 Å². The molecule has 0 bridgehead atoms. The number of nitrogens with one attached hydrogen (secondary N) is 1. The average Bonchev–Trinajstić information content (AvgIpc) is 3.00. The summed E-state index contributed by atoms with van der Waals surface area (Å²) in [7, 11) is -15.7. The van der Waals surface area contributed by atoms with E-state index in [1.165, 1.54) is 13.0 Å². The summed E-state index contributed by atoms with van der Waals surface area (Å²) < 4.78 is 107. The predicted molar refractivity (Wildman–Crippen MR) is 172 cm³/mol. The Labute approximate surface area is 369 Å². The minimum Gasteiger partial charge on any atom is -0.870 e. The molecule has 0 radical (unpaired) electrons. The van der Waals surface area contributed by atoms with E-state index in [0.29, 0.717) is 29.9 Å². The van der Waals surface area contributed by atoms with E-state index in [4.69, 9.17) is 11.6 Å². The fourth-order valence-electron chi connectivity index (χ4n) is 4.67. The number of aryl methyl sites for hydroxylation is 1. The molecule has 4 aromatic carbocycles. The Morgan fingerprint density at radius 2 is 1.50 bits per heavy atom. The van der Waals surface area contributed by atoms with Gasteiger partial charge in [0.1, 0.15) is 30.8 Å². The van der Waals surface area contributed by atoms with Crippen molar-refractivity contribution in [3.05, 3.63) is 77.6 Å². The average molecular weight is 816 g/mol. The predicted octanol–water partition coefficient (Wildman–Crippen LogP) is -4.56. The zero-order chi connectivity index (χ0) is 35.9. The first-order valence-corrected chi connectivity index (χ1v) is 18.2. The minimum absolute atomic E-state index is 0. The molecule has 1 heterocycles. The molecule has 0 spiro atoms. The van der Waals surface area contributed by atoms with Gasteiger partial charge in [-0.1, -0.05) is 30.0 Å². The minimum atomic E-state index is -5.30. The van der Waals surface area contributed by atoms with Gasteiger partial charge < -0.3 is 24.4 Å². The molecule has 1 aromatic heterocycles. The summed E-state index contributed by atoms with van der Waals surface area (Å²) in [5.41, 5.74) is -1.03. The van der Waals surface area contributed by atoms with E-state index in [0.717, 1.165) is 18.2 Å². The Balaban J connectivity index is 0.00000312. The summed E-state index contributed by atoms with van der Waals surface area (Å²) >= 11 is 6.18. The number of benzene rings is 4. The van der Waals surface area contributed by atoms with Crippen molar-refractivity contribution in [1.29, 1.82) is 0 Å². The maximum atomic E-state index is 13.9. The van der Waals surface area contributed by atoms with Crippen LogP contribution in [0.25, 0.3) is 10.8 Å². The Bertz CT molecular complexity index is 2500. The van der Waals surface area contributed by atoms with Crippen LogP contribution < -0.4 is 104 Å². The number of halogens is 1. The monoisotopic (exact) mass is 815 g/mol. The molecule has 0 aliphatic carbocycles. The Hall–Kier alpha value is -1.83.